The molecule has 0 aliphatic rings. The van der Waals surface area contributed by atoms with E-state index in [1.165, 1.54) is 35.7 Å². The van der Waals surface area contributed by atoms with Crippen LogP contribution in [0.15, 0.2) is 131 Å². The Labute approximate surface area is 219 Å². The van der Waals surface area contributed by atoms with E-state index in [0.29, 0.717) is 0 Å². The first kappa shape index (κ1) is 26.6. The highest BCUT2D eigenvalue weighted by Crippen LogP contribution is 2.20. The number of aromatic hydroxyl groups is 2. The van der Waals surface area contributed by atoms with Gasteiger partial charge in [-0.1, -0.05) is 72.8 Å². The van der Waals surface area contributed by atoms with Gasteiger partial charge < -0.3 is 10.2 Å². The van der Waals surface area contributed by atoms with Crippen molar-refractivity contribution in [2.45, 2.75) is 9.79 Å². The Kier molecular flexibility index (Phi) is 10.6. The highest BCUT2D eigenvalue weighted by molar-refractivity contribution is 8.14. The number of carbonyl (C=O) groups is 2. The molecule has 0 aliphatic heterocycles. The molecule has 36 heavy (non-hydrogen) atoms. The minimum atomic E-state index is -0.0192. The fourth-order valence-electron chi connectivity index (χ4n) is 2.78. The Bertz CT molecular complexity index is 1190. The summed E-state index contributed by atoms with van der Waals surface area (Å²) in [5.41, 5.74) is 1.77. The lowest BCUT2D eigenvalue weighted by Crippen LogP contribution is -1.84. The molecular formula is C30H24O4S2. The maximum Gasteiger partial charge on any atom is 0.216 e. The van der Waals surface area contributed by atoms with Crippen LogP contribution in [-0.2, 0) is 9.59 Å². The van der Waals surface area contributed by atoms with Gasteiger partial charge in [0.05, 0.1) is 0 Å². The Hall–Kier alpha value is -4.00. The van der Waals surface area contributed by atoms with Gasteiger partial charge in [0.25, 0.3) is 0 Å². The third kappa shape index (κ3) is 10.1. The zero-order valence-corrected chi connectivity index (χ0v) is 20.9. The number of thioether (sulfide) groups is 2. The molecule has 4 rings (SSSR count). The van der Waals surface area contributed by atoms with Crippen molar-refractivity contribution in [3.05, 3.63) is 132 Å². The zero-order valence-electron chi connectivity index (χ0n) is 19.2. The number of carbonyl (C=O) groups excluding carboxylic acids is 2. The fraction of sp³-hybridized carbons (Fsp3) is 0. The summed E-state index contributed by atoms with van der Waals surface area (Å²) in [5, 5.41) is 18.2. The highest BCUT2D eigenvalue weighted by atomic mass is 32.2. The normalized spacial score (nSPS) is 10.7. The molecule has 4 aromatic carbocycles. The summed E-state index contributed by atoms with van der Waals surface area (Å²) in [4.78, 5) is 25.2. The Balaban J connectivity index is 0.000000201. The van der Waals surface area contributed by atoms with E-state index in [2.05, 4.69) is 0 Å². The van der Waals surface area contributed by atoms with Crippen LogP contribution in [0, 0.1) is 0 Å². The zero-order chi connectivity index (χ0) is 25.6. The van der Waals surface area contributed by atoms with Gasteiger partial charge >= 0.3 is 0 Å². The van der Waals surface area contributed by atoms with Crippen molar-refractivity contribution in [1.29, 1.82) is 0 Å². The van der Waals surface area contributed by atoms with E-state index in [9.17, 15) is 9.59 Å². The number of phenols is 2. The molecule has 0 aromatic heterocycles. The topological polar surface area (TPSA) is 74.6 Å². The van der Waals surface area contributed by atoms with Gasteiger partial charge in [-0.25, -0.2) is 0 Å². The van der Waals surface area contributed by atoms with E-state index in [1.54, 1.807) is 60.7 Å². The summed E-state index contributed by atoms with van der Waals surface area (Å²) in [7, 11) is 0. The summed E-state index contributed by atoms with van der Waals surface area (Å²) in [6, 6.07) is 32.4. The van der Waals surface area contributed by atoms with Gasteiger partial charge in [-0.05, 0) is 95.3 Å². The molecule has 0 radical (unpaired) electrons. The van der Waals surface area contributed by atoms with Crippen LogP contribution >= 0.6 is 23.5 Å². The lowest BCUT2D eigenvalue weighted by Gasteiger charge is -1.96. The molecule has 0 aliphatic carbocycles. The van der Waals surface area contributed by atoms with E-state index in [4.69, 9.17) is 10.2 Å². The summed E-state index contributed by atoms with van der Waals surface area (Å²) in [5.74, 6) is 0.439. The quantitative estimate of drug-likeness (QED) is 0.206. The molecule has 0 amide bonds. The largest absolute Gasteiger partial charge is 0.508 e. The van der Waals surface area contributed by atoms with Crippen LogP contribution in [0.2, 0.25) is 0 Å². The number of hydrogen-bond acceptors (Lipinski definition) is 6. The third-order valence-electron chi connectivity index (χ3n) is 4.53. The highest BCUT2D eigenvalue weighted by Gasteiger charge is 2.00. The fourth-order valence-corrected chi connectivity index (χ4v) is 4.10. The van der Waals surface area contributed by atoms with Crippen LogP contribution in [0.5, 0.6) is 11.5 Å². The molecule has 0 atom stereocenters. The lowest BCUT2D eigenvalue weighted by atomic mass is 10.2. The molecule has 0 fully saturated rings. The molecular weight excluding hydrogens is 488 g/mol. The van der Waals surface area contributed by atoms with Gasteiger partial charge in [-0.2, -0.15) is 0 Å². The standard InChI is InChI=1S/2C15H12O2S/c2*16-13-9-6-12(7-10-13)8-11-15(17)18-14-4-2-1-3-5-14/h2*1-11,16H/b2*11-8+. The Morgan fingerprint density at radius 1 is 0.500 bits per heavy atom. The van der Waals surface area contributed by atoms with Crippen LogP contribution < -0.4 is 0 Å². The molecule has 0 bridgehead atoms. The second kappa shape index (κ2) is 14.4. The summed E-state index contributed by atoms with van der Waals surface area (Å²) in [6.45, 7) is 0. The average Bonchev–Trinajstić information content (AvgIpc) is 2.90. The minimum Gasteiger partial charge on any atom is -0.508 e. The molecule has 0 heterocycles. The molecule has 0 unspecified atom stereocenters. The molecule has 180 valence electrons. The van der Waals surface area contributed by atoms with Crippen molar-refractivity contribution in [1.82, 2.24) is 0 Å². The van der Waals surface area contributed by atoms with Crippen molar-refractivity contribution in [2.75, 3.05) is 0 Å². The molecule has 2 N–H and O–H groups in total. The van der Waals surface area contributed by atoms with Gasteiger partial charge in [0, 0.05) is 9.79 Å². The first-order valence-corrected chi connectivity index (χ1v) is 12.6. The average molecular weight is 513 g/mol. The molecule has 6 heteroatoms. The smallest absolute Gasteiger partial charge is 0.216 e. The summed E-state index contributed by atoms with van der Waals surface area (Å²) in [6.07, 6.45) is 6.53. The molecule has 4 aromatic rings. The Morgan fingerprint density at radius 2 is 0.833 bits per heavy atom. The molecule has 4 nitrogen and oxygen atoms in total. The van der Waals surface area contributed by atoms with E-state index in [-0.39, 0.29) is 21.7 Å². The minimum absolute atomic E-state index is 0.0192. The van der Waals surface area contributed by atoms with Crippen LogP contribution in [0.3, 0.4) is 0 Å². The van der Waals surface area contributed by atoms with Crippen molar-refractivity contribution >= 4 is 45.9 Å². The van der Waals surface area contributed by atoms with Crippen molar-refractivity contribution in [3.8, 4) is 11.5 Å². The summed E-state index contributed by atoms with van der Waals surface area (Å²) < 4.78 is 0. The van der Waals surface area contributed by atoms with E-state index in [0.717, 1.165) is 20.9 Å². The molecule has 0 saturated heterocycles. The monoisotopic (exact) mass is 512 g/mol. The van der Waals surface area contributed by atoms with Gasteiger partial charge in [0.1, 0.15) is 11.5 Å². The maximum atomic E-state index is 11.7. The SMILES string of the molecule is O=C(/C=C/c1ccc(O)cc1)Sc1ccccc1.O=C(/C=C/c1ccc(O)cc1)Sc1ccccc1. The van der Waals surface area contributed by atoms with Gasteiger partial charge in [0.15, 0.2) is 0 Å². The number of hydrogen-bond donors (Lipinski definition) is 2. The predicted molar refractivity (Wildman–Crippen MR) is 149 cm³/mol. The lowest BCUT2D eigenvalue weighted by molar-refractivity contribution is -0.107. The van der Waals surface area contributed by atoms with E-state index >= 15 is 0 Å². The van der Waals surface area contributed by atoms with E-state index < -0.39 is 0 Å². The second-order valence-electron chi connectivity index (χ2n) is 7.32. The Morgan fingerprint density at radius 3 is 1.17 bits per heavy atom. The van der Waals surface area contributed by atoms with Crippen LogP contribution in [0.4, 0.5) is 0 Å². The third-order valence-corrected chi connectivity index (χ3v) is 6.22. The van der Waals surface area contributed by atoms with E-state index in [1.807, 2.05) is 60.7 Å². The number of phenolic OH excluding ortho intramolecular Hbond substituents is 2. The second-order valence-corrected chi connectivity index (χ2v) is 9.47. The first-order chi connectivity index (χ1) is 17.5. The molecule has 0 spiro atoms. The predicted octanol–water partition coefficient (Wildman–Crippen LogP) is 7.45. The summed E-state index contributed by atoms with van der Waals surface area (Å²) >= 11 is 2.38. The number of rotatable bonds is 6. The maximum absolute atomic E-state index is 11.7. The van der Waals surface area contributed by atoms with Crippen molar-refractivity contribution in [2.24, 2.45) is 0 Å². The van der Waals surface area contributed by atoms with Gasteiger partial charge in [-0.3, -0.25) is 9.59 Å². The van der Waals surface area contributed by atoms with Crippen molar-refractivity contribution in [3.63, 3.8) is 0 Å². The number of benzene rings is 4. The van der Waals surface area contributed by atoms with Gasteiger partial charge in [-0.15, -0.1) is 0 Å². The van der Waals surface area contributed by atoms with Crippen LogP contribution in [-0.4, -0.2) is 20.4 Å². The van der Waals surface area contributed by atoms with Crippen LogP contribution in [0.25, 0.3) is 12.2 Å². The van der Waals surface area contributed by atoms with Gasteiger partial charge in [0.2, 0.25) is 10.2 Å². The molecule has 0 saturated carbocycles. The first-order valence-electron chi connectivity index (χ1n) is 11.0. The van der Waals surface area contributed by atoms with Crippen LogP contribution in [0.1, 0.15) is 11.1 Å². The van der Waals surface area contributed by atoms with Crippen molar-refractivity contribution < 1.29 is 19.8 Å².